The lowest BCUT2D eigenvalue weighted by atomic mass is 10.1. The van der Waals surface area contributed by atoms with Crippen molar-refractivity contribution >= 4 is 22.0 Å². The molecule has 12 heavy (non-hydrogen) atoms. The third-order valence-electron chi connectivity index (χ3n) is 1.44. The molecule has 1 aromatic carbocycles. The monoisotopic (exact) mass is 232 g/mol. The Kier molecular flexibility index (Phi) is 3.41. The lowest BCUT2D eigenvalue weighted by Crippen LogP contribution is -1.82. The van der Waals surface area contributed by atoms with Crippen molar-refractivity contribution in [1.29, 1.82) is 0 Å². The predicted octanol–water partition coefficient (Wildman–Crippen LogP) is 3.99. The van der Waals surface area contributed by atoms with Gasteiger partial charge in [0.15, 0.2) is 0 Å². The molecule has 0 spiro atoms. The van der Waals surface area contributed by atoms with Gasteiger partial charge in [-0.2, -0.15) is 0 Å². The third kappa shape index (κ3) is 2.41. The maximum absolute atomic E-state index is 12.1. The highest BCUT2D eigenvalue weighted by Gasteiger charge is 2.04. The van der Waals surface area contributed by atoms with Crippen LogP contribution in [0.15, 0.2) is 29.3 Å². The van der Waals surface area contributed by atoms with E-state index in [1.807, 2.05) is 0 Å². The van der Waals surface area contributed by atoms with E-state index in [-0.39, 0.29) is 5.56 Å². The number of hydrogen-bond donors (Lipinski definition) is 0. The van der Waals surface area contributed by atoms with Crippen LogP contribution in [0.1, 0.15) is 17.6 Å². The van der Waals surface area contributed by atoms with Crippen molar-refractivity contribution < 1.29 is 8.78 Å². The largest absolute Gasteiger partial charge is 0.263 e. The van der Waals surface area contributed by atoms with Gasteiger partial charge in [-0.05, 0) is 16.6 Å². The first kappa shape index (κ1) is 9.39. The molecule has 0 aliphatic rings. The summed E-state index contributed by atoms with van der Waals surface area (Å²) in [6, 6.07) is 6.15. The first-order valence-electron chi connectivity index (χ1n) is 3.39. The molecule has 0 fully saturated rings. The Hall–Kier alpha value is -0.700. The van der Waals surface area contributed by atoms with Gasteiger partial charge in [0.2, 0.25) is 0 Å². The molecule has 0 N–H and O–H groups in total. The molecular formula is C9H7BrF2. The molecule has 1 rings (SSSR count). The fraction of sp³-hybridized carbons (Fsp3) is 0.111. The Labute approximate surface area is 78.0 Å². The minimum absolute atomic E-state index is 0.0572. The van der Waals surface area contributed by atoms with Gasteiger partial charge in [0.1, 0.15) is 0 Å². The summed E-state index contributed by atoms with van der Waals surface area (Å²) in [5.41, 5.74) is 0.956. The topological polar surface area (TPSA) is 0 Å². The quantitative estimate of drug-likeness (QED) is 0.724. The molecule has 0 nitrogen and oxygen atoms in total. The van der Waals surface area contributed by atoms with Gasteiger partial charge in [-0.1, -0.05) is 40.2 Å². The lowest BCUT2D eigenvalue weighted by Gasteiger charge is -1.98. The molecule has 0 radical (unpaired) electrons. The molecule has 0 bridgehead atoms. The van der Waals surface area contributed by atoms with Crippen molar-refractivity contribution in [3.8, 4) is 0 Å². The van der Waals surface area contributed by atoms with Gasteiger partial charge < -0.3 is 0 Å². The first-order valence-corrected chi connectivity index (χ1v) is 4.30. The molecule has 0 atom stereocenters. The van der Waals surface area contributed by atoms with Gasteiger partial charge in [-0.15, -0.1) is 0 Å². The summed E-state index contributed by atoms with van der Waals surface area (Å²) < 4.78 is 24.1. The third-order valence-corrected chi connectivity index (χ3v) is 1.71. The first-order chi connectivity index (χ1) is 5.74. The standard InChI is InChI=1S/C9H7BrF2/c10-6-5-7-1-3-8(4-2-7)9(11)12/h1-6,9H/b6-5+. The van der Waals surface area contributed by atoms with Crippen LogP contribution in [-0.4, -0.2) is 0 Å². The van der Waals surface area contributed by atoms with E-state index in [1.54, 1.807) is 23.2 Å². The van der Waals surface area contributed by atoms with E-state index in [0.717, 1.165) is 5.56 Å². The molecule has 0 aliphatic carbocycles. The zero-order chi connectivity index (χ0) is 8.97. The zero-order valence-electron chi connectivity index (χ0n) is 6.18. The Balaban J connectivity index is 2.85. The van der Waals surface area contributed by atoms with Crippen LogP contribution in [0.2, 0.25) is 0 Å². The summed E-state index contributed by atoms with van der Waals surface area (Å²) in [4.78, 5) is 1.68. The van der Waals surface area contributed by atoms with Crippen LogP contribution in [0, 0.1) is 0 Å². The summed E-state index contributed by atoms with van der Waals surface area (Å²) in [7, 11) is 0. The molecule has 1 aromatic rings. The van der Waals surface area contributed by atoms with Gasteiger partial charge in [-0.25, -0.2) is 8.78 Å². The zero-order valence-corrected chi connectivity index (χ0v) is 7.76. The van der Waals surface area contributed by atoms with Crippen molar-refractivity contribution in [2.75, 3.05) is 0 Å². The highest BCUT2D eigenvalue weighted by atomic mass is 79.9. The van der Waals surface area contributed by atoms with E-state index in [4.69, 9.17) is 0 Å². The highest BCUT2D eigenvalue weighted by Crippen LogP contribution is 2.19. The second kappa shape index (κ2) is 4.36. The average Bonchev–Trinajstić information content (AvgIpc) is 2.06. The number of alkyl halides is 2. The Morgan fingerprint density at radius 1 is 1.17 bits per heavy atom. The molecule has 0 heterocycles. The Morgan fingerprint density at radius 2 is 1.75 bits per heavy atom. The molecule has 3 heteroatoms. The second-order valence-corrected chi connectivity index (χ2v) is 2.79. The molecule has 0 saturated heterocycles. The highest BCUT2D eigenvalue weighted by molar-refractivity contribution is 9.11. The fourth-order valence-corrected chi connectivity index (χ4v) is 1.13. The van der Waals surface area contributed by atoms with E-state index >= 15 is 0 Å². The average molecular weight is 233 g/mol. The number of halogens is 3. The molecule has 0 aliphatic heterocycles. The summed E-state index contributed by atoms with van der Waals surface area (Å²) >= 11 is 3.10. The molecule has 64 valence electrons. The van der Waals surface area contributed by atoms with E-state index < -0.39 is 6.43 Å². The van der Waals surface area contributed by atoms with Crippen LogP contribution >= 0.6 is 15.9 Å². The number of benzene rings is 1. The SMILES string of the molecule is FC(F)c1ccc(/C=C/Br)cc1. The van der Waals surface area contributed by atoms with Crippen LogP contribution < -0.4 is 0 Å². The molecule has 0 aromatic heterocycles. The van der Waals surface area contributed by atoms with Crippen LogP contribution in [0.4, 0.5) is 8.78 Å². The van der Waals surface area contributed by atoms with Crippen molar-refractivity contribution in [2.45, 2.75) is 6.43 Å². The summed E-state index contributed by atoms with van der Waals surface area (Å²) in [6.07, 6.45) is -0.595. The fourth-order valence-electron chi connectivity index (χ4n) is 0.825. The Bertz CT molecular complexity index is 264. The smallest absolute Gasteiger partial charge is 0.205 e. The maximum atomic E-state index is 12.1. The van der Waals surface area contributed by atoms with Crippen molar-refractivity contribution in [3.05, 3.63) is 40.4 Å². The minimum atomic E-state index is -2.38. The van der Waals surface area contributed by atoms with Gasteiger partial charge in [0.25, 0.3) is 6.43 Å². The lowest BCUT2D eigenvalue weighted by molar-refractivity contribution is 0.151. The Morgan fingerprint density at radius 3 is 2.17 bits per heavy atom. The van der Waals surface area contributed by atoms with E-state index in [9.17, 15) is 8.78 Å². The van der Waals surface area contributed by atoms with Crippen molar-refractivity contribution in [2.24, 2.45) is 0 Å². The predicted molar refractivity (Wildman–Crippen MR) is 49.4 cm³/mol. The summed E-state index contributed by atoms with van der Waals surface area (Å²) in [5, 5.41) is 0. The molecule has 0 saturated carbocycles. The van der Waals surface area contributed by atoms with Gasteiger partial charge in [0, 0.05) is 5.56 Å². The van der Waals surface area contributed by atoms with Gasteiger partial charge in [-0.3, -0.25) is 0 Å². The van der Waals surface area contributed by atoms with Crippen molar-refractivity contribution in [3.63, 3.8) is 0 Å². The molecule has 0 unspecified atom stereocenters. The van der Waals surface area contributed by atoms with Crippen LogP contribution in [0.25, 0.3) is 6.08 Å². The van der Waals surface area contributed by atoms with Crippen LogP contribution in [0.3, 0.4) is 0 Å². The van der Waals surface area contributed by atoms with Crippen LogP contribution in [-0.2, 0) is 0 Å². The van der Waals surface area contributed by atoms with E-state index in [0.29, 0.717) is 0 Å². The number of hydrogen-bond acceptors (Lipinski definition) is 0. The maximum Gasteiger partial charge on any atom is 0.263 e. The number of rotatable bonds is 2. The van der Waals surface area contributed by atoms with E-state index in [2.05, 4.69) is 15.9 Å². The summed E-state index contributed by atoms with van der Waals surface area (Å²) in [5.74, 6) is 0. The van der Waals surface area contributed by atoms with Crippen LogP contribution in [0.5, 0.6) is 0 Å². The van der Waals surface area contributed by atoms with Gasteiger partial charge in [0.05, 0.1) is 0 Å². The molecular weight excluding hydrogens is 226 g/mol. The van der Waals surface area contributed by atoms with Crippen molar-refractivity contribution in [1.82, 2.24) is 0 Å². The van der Waals surface area contributed by atoms with E-state index in [1.165, 1.54) is 12.1 Å². The molecule has 0 amide bonds. The normalized spacial score (nSPS) is 11.3. The second-order valence-electron chi connectivity index (χ2n) is 2.26. The van der Waals surface area contributed by atoms with Gasteiger partial charge >= 0.3 is 0 Å². The summed E-state index contributed by atoms with van der Waals surface area (Å²) in [6.45, 7) is 0. The minimum Gasteiger partial charge on any atom is -0.205 e.